The molecule has 0 spiro atoms. The van der Waals surface area contributed by atoms with Crippen molar-refractivity contribution in [2.45, 2.75) is 13.5 Å². The second-order valence-electron chi connectivity index (χ2n) is 3.19. The summed E-state index contributed by atoms with van der Waals surface area (Å²) < 4.78 is 11.9. The van der Waals surface area contributed by atoms with Gasteiger partial charge in [0.15, 0.2) is 0 Å². The fourth-order valence-electron chi connectivity index (χ4n) is 1.33. The van der Waals surface area contributed by atoms with Gasteiger partial charge >= 0.3 is 5.97 Å². The molecule has 0 saturated carbocycles. The third kappa shape index (κ3) is 2.31. The van der Waals surface area contributed by atoms with Crippen LogP contribution in [0, 0.1) is 0 Å². The summed E-state index contributed by atoms with van der Waals surface area (Å²) in [6.07, 6.45) is 3.52. The molecule has 0 fully saturated rings. The summed E-state index contributed by atoms with van der Waals surface area (Å²) in [6, 6.07) is 5.18. The van der Waals surface area contributed by atoms with Gasteiger partial charge in [-0.25, -0.2) is 4.79 Å². The van der Waals surface area contributed by atoms with Crippen molar-refractivity contribution >= 4 is 5.97 Å². The van der Waals surface area contributed by atoms with Gasteiger partial charge in [0.25, 0.3) is 0 Å². The number of ether oxygens (including phenoxy) is 1. The Morgan fingerprint density at radius 3 is 3.12 bits per heavy atom. The first-order valence-electron chi connectivity index (χ1n) is 5.03. The zero-order valence-electron chi connectivity index (χ0n) is 8.92. The number of hydrogen-bond acceptors (Lipinski definition) is 4. The molecule has 0 aliphatic heterocycles. The van der Waals surface area contributed by atoms with Gasteiger partial charge in [0, 0.05) is 12.4 Å². The van der Waals surface area contributed by atoms with E-state index in [-0.39, 0.29) is 5.76 Å². The first kappa shape index (κ1) is 10.5. The van der Waals surface area contributed by atoms with E-state index in [1.165, 1.54) is 0 Å². The first-order valence-corrected chi connectivity index (χ1v) is 5.03. The number of hydrogen-bond donors (Lipinski definition) is 0. The van der Waals surface area contributed by atoms with Crippen LogP contribution in [0.4, 0.5) is 0 Å². The number of aromatic nitrogens is 2. The summed E-state index contributed by atoms with van der Waals surface area (Å²) in [5.74, 6) is 0.463. The maximum absolute atomic E-state index is 11.3. The molecular weight excluding hydrogens is 208 g/mol. The summed E-state index contributed by atoms with van der Waals surface area (Å²) >= 11 is 0. The van der Waals surface area contributed by atoms with Gasteiger partial charge in [0.2, 0.25) is 5.76 Å². The molecule has 0 aromatic carbocycles. The third-order valence-corrected chi connectivity index (χ3v) is 2.02. The van der Waals surface area contributed by atoms with Crippen LogP contribution in [0.25, 0.3) is 0 Å². The summed E-state index contributed by atoms with van der Waals surface area (Å²) in [4.78, 5) is 11.3. The van der Waals surface area contributed by atoms with E-state index in [2.05, 4.69) is 5.10 Å². The average molecular weight is 220 g/mol. The topological polar surface area (TPSA) is 57.3 Å². The molecule has 5 heteroatoms. The Labute approximate surface area is 92.6 Å². The van der Waals surface area contributed by atoms with Crippen molar-refractivity contribution in [3.05, 3.63) is 42.1 Å². The van der Waals surface area contributed by atoms with E-state index in [0.717, 1.165) is 0 Å². The molecule has 0 N–H and O–H groups in total. The van der Waals surface area contributed by atoms with Gasteiger partial charge in [-0.05, 0) is 25.1 Å². The third-order valence-electron chi connectivity index (χ3n) is 2.02. The minimum Gasteiger partial charge on any atom is -0.460 e. The fourth-order valence-corrected chi connectivity index (χ4v) is 1.33. The molecule has 84 valence electrons. The zero-order valence-corrected chi connectivity index (χ0v) is 8.92. The number of carbonyl (C=O) groups is 1. The Balaban J connectivity index is 2.05. The highest BCUT2D eigenvalue weighted by atomic mass is 16.5. The van der Waals surface area contributed by atoms with Crippen molar-refractivity contribution in [2.24, 2.45) is 0 Å². The Hall–Kier alpha value is -2.04. The molecule has 5 nitrogen and oxygen atoms in total. The van der Waals surface area contributed by atoms with Crippen molar-refractivity contribution in [1.82, 2.24) is 9.78 Å². The second kappa shape index (κ2) is 4.65. The molecule has 2 aromatic heterocycles. The molecule has 0 bridgehead atoms. The zero-order chi connectivity index (χ0) is 11.4. The van der Waals surface area contributed by atoms with Crippen molar-refractivity contribution in [3.63, 3.8) is 0 Å². The van der Waals surface area contributed by atoms with E-state index >= 15 is 0 Å². The van der Waals surface area contributed by atoms with Crippen LogP contribution < -0.4 is 0 Å². The first-order chi connectivity index (χ1) is 7.79. The fraction of sp³-hybridized carbons (Fsp3) is 0.273. The Morgan fingerprint density at radius 2 is 2.44 bits per heavy atom. The average Bonchev–Trinajstić information content (AvgIpc) is 2.90. The molecule has 0 unspecified atom stereocenters. The highest BCUT2D eigenvalue weighted by Crippen LogP contribution is 2.10. The van der Waals surface area contributed by atoms with Crippen LogP contribution in [0.15, 0.2) is 35.0 Å². The molecule has 2 rings (SSSR count). The van der Waals surface area contributed by atoms with Gasteiger partial charge in [0.05, 0.1) is 13.2 Å². The Bertz CT molecular complexity index is 459. The quantitative estimate of drug-likeness (QED) is 0.736. The summed E-state index contributed by atoms with van der Waals surface area (Å²) in [5, 5.41) is 4.04. The van der Waals surface area contributed by atoms with Crippen LogP contribution in [0.5, 0.6) is 0 Å². The molecule has 0 aliphatic carbocycles. The maximum Gasteiger partial charge on any atom is 0.374 e. The molecule has 0 aliphatic rings. The highest BCUT2D eigenvalue weighted by Gasteiger charge is 2.11. The normalized spacial score (nSPS) is 10.3. The molecule has 0 saturated heterocycles. The molecular formula is C11H12N2O3. The van der Waals surface area contributed by atoms with Gasteiger partial charge in [0.1, 0.15) is 5.76 Å². The van der Waals surface area contributed by atoms with Gasteiger partial charge < -0.3 is 9.15 Å². The number of carbonyl (C=O) groups excluding carboxylic acids is 1. The number of esters is 1. The van der Waals surface area contributed by atoms with Crippen LogP contribution >= 0.6 is 0 Å². The second-order valence-corrected chi connectivity index (χ2v) is 3.19. The lowest BCUT2D eigenvalue weighted by molar-refractivity contribution is 0.0488. The van der Waals surface area contributed by atoms with Crippen LogP contribution in [-0.4, -0.2) is 22.4 Å². The summed E-state index contributed by atoms with van der Waals surface area (Å²) in [6.45, 7) is 2.60. The van der Waals surface area contributed by atoms with E-state index in [0.29, 0.717) is 18.9 Å². The van der Waals surface area contributed by atoms with Crippen molar-refractivity contribution in [3.8, 4) is 0 Å². The molecule has 16 heavy (non-hydrogen) atoms. The smallest absolute Gasteiger partial charge is 0.374 e. The molecule has 0 atom stereocenters. The maximum atomic E-state index is 11.3. The van der Waals surface area contributed by atoms with Gasteiger partial charge in [-0.3, -0.25) is 4.68 Å². The van der Waals surface area contributed by atoms with E-state index < -0.39 is 5.97 Å². The monoisotopic (exact) mass is 220 g/mol. The number of furan rings is 1. The predicted octanol–water partition coefficient (Wildman–Crippen LogP) is 1.70. The van der Waals surface area contributed by atoms with Gasteiger partial charge in [-0.2, -0.15) is 5.10 Å². The SMILES string of the molecule is CCOC(=O)c1ccc(Cn2cccn2)o1. The summed E-state index contributed by atoms with van der Waals surface area (Å²) in [5.41, 5.74) is 0. The number of rotatable bonds is 4. The van der Waals surface area contributed by atoms with Crippen LogP contribution in [-0.2, 0) is 11.3 Å². The lowest BCUT2D eigenvalue weighted by atomic mass is 10.4. The Kier molecular flexibility index (Phi) is 3.05. The minimum atomic E-state index is -0.436. The lowest BCUT2D eigenvalue weighted by Crippen LogP contribution is -2.03. The van der Waals surface area contributed by atoms with Crippen molar-refractivity contribution in [1.29, 1.82) is 0 Å². The molecule has 2 aromatic rings. The van der Waals surface area contributed by atoms with Crippen LogP contribution in [0.2, 0.25) is 0 Å². The van der Waals surface area contributed by atoms with E-state index in [4.69, 9.17) is 9.15 Å². The minimum absolute atomic E-state index is 0.226. The van der Waals surface area contributed by atoms with Crippen LogP contribution in [0.3, 0.4) is 0 Å². The molecule has 0 amide bonds. The summed E-state index contributed by atoms with van der Waals surface area (Å²) in [7, 11) is 0. The molecule has 2 heterocycles. The lowest BCUT2D eigenvalue weighted by Gasteiger charge is -1.98. The standard InChI is InChI=1S/C11H12N2O3/c1-2-15-11(14)10-5-4-9(16-10)8-13-7-3-6-12-13/h3-7H,2,8H2,1H3. The largest absolute Gasteiger partial charge is 0.460 e. The highest BCUT2D eigenvalue weighted by molar-refractivity contribution is 5.86. The van der Waals surface area contributed by atoms with Crippen LogP contribution in [0.1, 0.15) is 23.2 Å². The van der Waals surface area contributed by atoms with Gasteiger partial charge in [-0.15, -0.1) is 0 Å². The number of nitrogens with zero attached hydrogens (tertiary/aromatic N) is 2. The predicted molar refractivity (Wildman–Crippen MR) is 56.0 cm³/mol. The molecule has 0 radical (unpaired) electrons. The van der Waals surface area contributed by atoms with E-state index in [1.54, 1.807) is 29.9 Å². The van der Waals surface area contributed by atoms with Crippen molar-refractivity contribution < 1.29 is 13.9 Å². The van der Waals surface area contributed by atoms with Crippen molar-refractivity contribution in [2.75, 3.05) is 6.61 Å². The Morgan fingerprint density at radius 1 is 1.56 bits per heavy atom. The van der Waals surface area contributed by atoms with Gasteiger partial charge in [-0.1, -0.05) is 0 Å². The van der Waals surface area contributed by atoms with E-state index in [9.17, 15) is 4.79 Å². The van der Waals surface area contributed by atoms with E-state index in [1.807, 2.05) is 12.3 Å².